The molecule has 0 amide bonds. The maximum absolute atomic E-state index is 10.1. The van der Waals surface area contributed by atoms with E-state index in [0.717, 1.165) is 43.9 Å². The molecule has 0 aromatic heterocycles. The predicted octanol–water partition coefficient (Wildman–Crippen LogP) is 3.26. The third kappa shape index (κ3) is 4.55. The van der Waals surface area contributed by atoms with E-state index in [1.54, 1.807) is 0 Å². The average Bonchev–Trinajstić information content (AvgIpc) is 2.52. The van der Waals surface area contributed by atoms with Gasteiger partial charge in [0.05, 0.1) is 6.10 Å². The highest BCUT2D eigenvalue weighted by molar-refractivity contribution is 6.30. The molecule has 0 bridgehead atoms. The molecule has 4 heteroatoms. The van der Waals surface area contributed by atoms with Crippen LogP contribution >= 0.6 is 11.6 Å². The molecule has 1 unspecified atom stereocenters. The maximum Gasteiger partial charge on any atom is 0.0667 e. The SMILES string of the molecule is C=CCCC(O)CNC1(c2ccc(Cl)cc2)CCOCC1. The summed E-state index contributed by atoms with van der Waals surface area (Å²) in [4.78, 5) is 0. The van der Waals surface area contributed by atoms with Gasteiger partial charge in [0.15, 0.2) is 0 Å². The van der Waals surface area contributed by atoms with Gasteiger partial charge in [0, 0.05) is 30.3 Å². The zero-order valence-corrected chi connectivity index (χ0v) is 13.1. The van der Waals surface area contributed by atoms with Crippen molar-refractivity contribution >= 4 is 11.6 Å². The first-order valence-electron chi connectivity index (χ1n) is 7.54. The lowest BCUT2D eigenvalue weighted by Crippen LogP contribution is -2.49. The molecule has 3 nitrogen and oxygen atoms in total. The Kier molecular flexibility index (Phi) is 6.24. The van der Waals surface area contributed by atoms with Crippen LogP contribution in [-0.2, 0) is 10.3 Å². The van der Waals surface area contributed by atoms with E-state index in [4.69, 9.17) is 16.3 Å². The van der Waals surface area contributed by atoms with Gasteiger partial charge in [0.2, 0.25) is 0 Å². The first-order valence-corrected chi connectivity index (χ1v) is 7.92. The highest BCUT2D eigenvalue weighted by atomic mass is 35.5. The Hall–Kier alpha value is -0.870. The molecule has 1 aliphatic heterocycles. The molecule has 1 aliphatic rings. The summed E-state index contributed by atoms with van der Waals surface area (Å²) in [6.45, 7) is 5.74. The van der Waals surface area contributed by atoms with Crippen LogP contribution in [0.5, 0.6) is 0 Å². The average molecular weight is 310 g/mol. The first-order chi connectivity index (χ1) is 10.2. The Bertz CT molecular complexity index is 441. The number of halogens is 1. The molecule has 1 fully saturated rings. The lowest BCUT2D eigenvalue weighted by atomic mass is 9.82. The normalized spacial score (nSPS) is 19.1. The van der Waals surface area contributed by atoms with Crippen LogP contribution in [0.4, 0.5) is 0 Å². The van der Waals surface area contributed by atoms with Gasteiger partial charge in [-0.1, -0.05) is 29.8 Å². The van der Waals surface area contributed by atoms with Crippen molar-refractivity contribution in [2.24, 2.45) is 0 Å². The van der Waals surface area contributed by atoms with Crippen LogP contribution in [0.1, 0.15) is 31.2 Å². The Morgan fingerprint density at radius 3 is 2.62 bits per heavy atom. The monoisotopic (exact) mass is 309 g/mol. The number of allylic oxidation sites excluding steroid dienone is 1. The molecular weight excluding hydrogens is 286 g/mol. The number of rotatable bonds is 7. The third-order valence-electron chi connectivity index (χ3n) is 4.12. The van der Waals surface area contributed by atoms with Gasteiger partial charge in [-0.05, 0) is 43.4 Å². The third-order valence-corrected chi connectivity index (χ3v) is 4.38. The summed E-state index contributed by atoms with van der Waals surface area (Å²) < 4.78 is 5.50. The first kappa shape index (κ1) is 16.5. The summed E-state index contributed by atoms with van der Waals surface area (Å²) in [6.07, 6.45) is 4.87. The Morgan fingerprint density at radius 2 is 2.00 bits per heavy atom. The standard InChI is InChI=1S/C17H24ClNO2/c1-2-3-4-16(20)13-19-17(9-11-21-12-10-17)14-5-7-15(18)8-6-14/h2,5-8,16,19-20H,1,3-4,9-13H2. The van der Waals surface area contributed by atoms with Gasteiger partial charge >= 0.3 is 0 Å². The van der Waals surface area contributed by atoms with Crippen LogP contribution < -0.4 is 5.32 Å². The molecule has 1 atom stereocenters. The minimum atomic E-state index is -0.352. The van der Waals surface area contributed by atoms with Crippen molar-refractivity contribution in [2.45, 2.75) is 37.3 Å². The van der Waals surface area contributed by atoms with Crippen LogP contribution in [0, 0.1) is 0 Å². The highest BCUT2D eigenvalue weighted by Crippen LogP contribution is 2.32. The fourth-order valence-electron chi connectivity index (χ4n) is 2.78. The van der Waals surface area contributed by atoms with Gasteiger partial charge in [0.1, 0.15) is 0 Å². The van der Waals surface area contributed by atoms with Crippen LogP contribution in [-0.4, -0.2) is 31.0 Å². The molecule has 0 saturated carbocycles. The summed E-state index contributed by atoms with van der Waals surface area (Å²) in [5.74, 6) is 0. The fourth-order valence-corrected chi connectivity index (χ4v) is 2.91. The smallest absolute Gasteiger partial charge is 0.0667 e. The quantitative estimate of drug-likeness (QED) is 0.760. The molecule has 21 heavy (non-hydrogen) atoms. The number of hydrogen-bond donors (Lipinski definition) is 2. The van der Waals surface area contributed by atoms with Crippen molar-refractivity contribution in [1.29, 1.82) is 0 Å². The predicted molar refractivity (Wildman–Crippen MR) is 86.6 cm³/mol. The number of hydrogen-bond acceptors (Lipinski definition) is 3. The van der Waals surface area contributed by atoms with Gasteiger partial charge in [0.25, 0.3) is 0 Å². The molecule has 2 rings (SSSR count). The molecule has 2 N–H and O–H groups in total. The zero-order valence-electron chi connectivity index (χ0n) is 12.4. The van der Waals surface area contributed by atoms with Crippen LogP contribution in [0.25, 0.3) is 0 Å². The molecule has 0 radical (unpaired) electrons. The summed E-state index contributed by atoms with van der Waals surface area (Å²) >= 11 is 5.99. The van der Waals surface area contributed by atoms with Crippen molar-refractivity contribution in [2.75, 3.05) is 19.8 Å². The summed E-state index contributed by atoms with van der Waals surface area (Å²) in [7, 11) is 0. The summed E-state index contributed by atoms with van der Waals surface area (Å²) in [5, 5.41) is 14.4. The van der Waals surface area contributed by atoms with Gasteiger partial charge < -0.3 is 15.2 Å². The molecule has 1 heterocycles. The molecule has 1 saturated heterocycles. The summed E-state index contributed by atoms with van der Waals surface area (Å²) in [5.41, 5.74) is 1.09. The second kappa shape index (κ2) is 7.95. The topological polar surface area (TPSA) is 41.5 Å². The molecule has 0 aliphatic carbocycles. The van der Waals surface area contributed by atoms with Gasteiger partial charge in [-0.2, -0.15) is 0 Å². The number of ether oxygens (including phenoxy) is 1. The van der Waals surface area contributed by atoms with Gasteiger partial charge in [-0.25, -0.2) is 0 Å². The molecule has 1 aromatic carbocycles. The molecule has 0 spiro atoms. The zero-order chi connectivity index (χ0) is 15.1. The number of benzene rings is 1. The van der Waals surface area contributed by atoms with E-state index in [9.17, 15) is 5.11 Å². The minimum absolute atomic E-state index is 0.127. The highest BCUT2D eigenvalue weighted by Gasteiger charge is 2.34. The molecular formula is C17H24ClNO2. The van der Waals surface area contributed by atoms with Crippen molar-refractivity contribution in [1.82, 2.24) is 5.32 Å². The lowest BCUT2D eigenvalue weighted by molar-refractivity contribution is 0.0295. The van der Waals surface area contributed by atoms with E-state index in [1.807, 2.05) is 18.2 Å². The van der Waals surface area contributed by atoms with E-state index in [-0.39, 0.29) is 11.6 Å². The Balaban J connectivity index is 2.06. The van der Waals surface area contributed by atoms with Crippen LogP contribution in [0.15, 0.2) is 36.9 Å². The van der Waals surface area contributed by atoms with Crippen LogP contribution in [0.2, 0.25) is 5.02 Å². The van der Waals surface area contributed by atoms with E-state index in [2.05, 4.69) is 24.0 Å². The van der Waals surface area contributed by atoms with Gasteiger partial charge in [-0.15, -0.1) is 6.58 Å². The lowest BCUT2D eigenvalue weighted by Gasteiger charge is -2.39. The molecule has 116 valence electrons. The van der Waals surface area contributed by atoms with Crippen LogP contribution in [0.3, 0.4) is 0 Å². The Morgan fingerprint density at radius 1 is 1.33 bits per heavy atom. The largest absolute Gasteiger partial charge is 0.392 e. The maximum atomic E-state index is 10.1. The van der Waals surface area contributed by atoms with Crippen molar-refractivity contribution in [3.63, 3.8) is 0 Å². The van der Waals surface area contributed by atoms with E-state index in [0.29, 0.717) is 6.54 Å². The van der Waals surface area contributed by atoms with E-state index < -0.39 is 0 Å². The van der Waals surface area contributed by atoms with Gasteiger partial charge in [-0.3, -0.25) is 0 Å². The second-order valence-corrected chi connectivity index (χ2v) is 6.04. The van der Waals surface area contributed by atoms with E-state index in [1.165, 1.54) is 5.56 Å². The molecule has 1 aromatic rings. The van der Waals surface area contributed by atoms with Crippen molar-refractivity contribution in [3.8, 4) is 0 Å². The number of nitrogens with one attached hydrogen (secondary N) is 1. The van der Waals surface area contributed by atoms with E-state index >= 15 is 0 Å². The number of aliphatic hydroxyl groups excluding tert-OH is 1. The second-order valence-electron chi connectivity index (χ2n) is 5.60. The fraction of sp³-hybridized carbons (Fsp3) is 0.529. The number of aliphatic hydroxyl groups is 1. The summed E-state index contributed by atoms with van der Waals surface area (Å²) in [6, 6.07) is 7.97. The Labute approximate surface area is 132 Å². The van der Waals surface area contributed by atoms with Crippen molar-refractivity contribution < 1.29 is 9.84 Å². The van der Waals surface area contributed by atoms with Crippen molar-refractivity contribution in [3.05, 3.63) is 47.5 Å². The minimum Gasteiger partial charge on any atom is -0.392 e.